The maximum absolute atomic E-state index is 12.6. The molecule has 7 nitrogen and oxygen atoms in total. The molecule has 0 bridgehead atoms. The molecule has 3 heterocycles. The summed E-state index contributed by atoms with van der Waals surface area (Å²) in [6.45, 7) is 4.37. The zero-order valence-electron chi connectivity index (χ0n) is 15.4. The Labute approximate surface area is 166 Å². The van der Waals surface area contributed by atoms with Crippen molar-refractivity contribution in [2.24, 2.45) is 0 Å². The van der Waals surface area contributed by atoms with Crippen LogP contribution in [0.1, 0.15) is 27.4 Å². The Balaban J connectivity index is 1.52. The summed E-state index contributed by atoms with van der Waals surface area (Å²) in [5, 5.41) is 15.0. The van der Waals surface area contributed by atoms with E-state index < -0.39 is 0 Å². The lowest BCUT2D eigenvalue weighted by molar-refractivity contribution is 0.102. The zero-order valence-corrected chi connectivity index (χ0v) is 16.1. The average Bonchev–Trinajstić information content (AvgIpc) is 3.41. The van der Waals surface area contributed by atoms with Gasteiger partial charge in [-0.15, -0.1) is 0 Å². The van der Waals surface area contributed by atoms with E-state index in [2.05, 4.69) is 20.6 Å². The number of aromatic amines is 1. The lowest BCUT2D eigenvalue weighted by atomic mass is 10.2. The first kappa shape index (κ1) is 18.1. The topological polar surface area (TPSA) is 88.7 Å². The van der Waals surface area contributed by atoms with Crippen LogP contribution in [0.2, 0.25) is 5.02 Å². The van der Waals surface area contributed by atoms with Crippen molar-refractivity contribution >= 4 is 23.2 Å². The van der Waals surface area contributed by atoms with Gasteiger partial charge in [-0.2, -0.15) is 10.2 Å². The molecule has 0 saturated carbocycles. The lowest BCUT2D eigenvalue weighted by Gasteiger charge is -2.06. The maximum atomic E-state index is 12.6. The number of hydrogen-bond donors (Lipinski definition) is 2. The molecule has 0 unspecified atom stereocenters. The third kappa shape index (κ3) is 3.57. The molecule has 4 aromatic rings. The van der Waals surface area contributed by atoms with Gasteiger partial charge in [0.1, 0.15) is 5.69 Å². The van der Waals surface area contributed by atoms with Crippen LogP contribution in [0.25, 0.3) is 11.5 Å². The molecule has 4 rings (SSSR count). The summed E-state index contributed by atoms with van der Waals surface area (Å²) in [6, 6.07) is 12.8. The van der Waals surface area contributed by atoms with Crippen LogP contribution < -0.4 is 5.32 Å². The number of rotatable bonds is 5. The van der Waals surface area contributed by atoms with Crippen molar-refractivity contribution in [3.63, 3.8) is 0 Å². The van der Waals surface area contributed by atoms with Crippen LogP contribution in [0.5, 0.6) is 0 Å². The number of nitrogens with zero attached hydrogens (tertiary/aromatic N) is 3. The molecule has 0 aliphatic rings. The van der Waals surface area contributed by atoms with Crippen molar-refractivity contribution < 1.29 is 9.21 Å². The summed E-state index contributed by atoms with van der Waals surface area (Å²) in [6.07, 6.45) is 1.57. The smallest absolute Gasteiger partial charge is 0.276 e. The Bertz CT molecular complexity index is 1110. The van der Waals surface area contributed by atoms with Crippen LogP contribution >= 0.6 is 11.6 Å². The predicted octanol–water partition coefficient (Wildman–Crippen LogP) is 4.44. The predicted molar refractivity (Wildman–Crippen MR) is 106 cm³/mol. The van der Waals surface area contributed by atoms with Gasteiger partial charge in [-0.25, -0.2) is 0 Å². The Kier molecular flexibility index (Phi) is 4.75. The molecule has 0 saturated heterocycles. The molecular weight excluding hydrogens is 378 g/mol. The molecular formula is C20H18ClN5O2. The number of aryl methyl sites for hydroxylation is 1. The highest BCUT2D eigenvalue weighted by atomic mass is 35.5. The number of anilines is 1. The van der Waals surface area contributed by atoms with Crippen LogP contribution in [0.15, 0.2) is 53.1 Å². The summed E-state index contributed by atoms with van der Waals surface area (Å²) in [7, 11) is 0. The molecule has 0 radical (unpaired) electrons. The summed E-state index contributed by atoms with van der Waals surface area (Å²) in [5.74, 6) is 0.306. The summed E-state index contributed by atoms with van der Waals surface area (Å²) in [4.78, 5) is 12.6. The molecule has 0 spiro atoms. The van der Waals surface area contributed by atoms with Gasteiger partial charge in [-0.1, -0.05) is 23.7 Å². The minimum atomic E-state index is -0.314. The van der Waals surface area contributed by atoms with E-state index in [1.165, 1.54) is 0 Å². The summed E-state index contributed by atoms with van der Waals surface area (Å²) < 4.78 is 7.17. The van der Waals surface area contributed by atoms with E-state index >= 15 is 0 Å². The molecule has 0 aliphatic heterocycles. The Hall–Kier alpha value is -3.32. The van der Waals surface area contributed by atoms with E-state index in [0.717, 1.165) is 17.0 Å². The second-order valence-electron chi connectivity index (χ2n) is 6.43. The molecule has 0 atom stereocenters. The Morgan fingerprint density at radius 3 is 2.75 bits per heavy atom. The highest BCUT2D eigenvalue weighted by Gasteiger charge is 2.18. The minimum Gasteiger partial charge on any atom is -0.463 e. The second-order valence-corrected chi connectivity index (χ2v) is 6.86. The molecule has 1 amide bonds. The molecule has 8 heteroatoms. The number of furan rings is 1. The van der Waals surface area contributed by atoms with Gasteiger partial charge in [0.2, 0.25) is 0 Å². The van der Waals surface area contributed by atoms with Gasteiger partial charge in [-0.3, -0.25) is 14.6 Å². The zero-order chi connectivity index (χ0) is 19.7. The molecule has 28 heavy (non-hydrogen) atoms. The third-order valence-electron chi connectivity index (χ3n) is 4.46. The molecule has 2 N–H and O–H groups in total. The van der Waals surface area contributed by atoms with Crippen LogP contribution in [-0.4, -0.2) is 25.9 Å². The highest BCUT2D eigenvalue weighted by molar-refractivity contribution is 6.30. The van der Waals surface area contributed by atoms with Crippen molar-refractivity contribution in [3.05, 3.63) is 76.4 Å². The number of amides is 1. The SMILES string of the molecule is Cc1nn(Cc2ccc(Cl)cc2)c(C)c1NC(=O)c1cc(-c2ccco2)[nH]n1. The fourth-order valence-corrected chi connectivity index (χ4v) is 3.09. The van der Waals surface area contributed by atoms with E-state index in [1.54, 1.807) is 24.5 Å². The van der Waals surface area contributed by atoms with Crippen molar-refractivity contribution in [2.45, 2.75) is 20.4 Å². The molecule has 142 valence electrons. The number of carbonyl (C=O) groups is 1. The van der Waals surface area contributed by atoms with Crippen LogP contribution in [0.4, 0.5) is 5.69 Å². The normalized spacial score (nSPS) is 11.0. The highest BCUT2D eigenvalue weighted by Crippen LogP contribution is 2.23. The van der Waals surface area contributed by atoms with Crippen molar-refractivity contribution in [1.29, 1.82) is 0 Å². The van der Waals surface area contributed by atoms with E-state index in [0.29, 0.717) is 28.7 Å². The third-order valence-corrected chi connectivity index (χ3v) is 4.71. The van der Waals surface area contributed by atoms with E-state index in [1.807, 2.05) is 42.8 Å². The first-order valence-electron chi connectivity index (χ1n) is 8.70. The largest absolute Gasteiger partial charge is 0.463 e. The van der Waals surface area contributed by atoms with Crippen LogP contribution in [0.3, 0.4) is 0 Å². The number of carbonyl (C=O) groups excluding carboxylic acids is 1. The lowest BCUT2D eigenvalue weighted by Crippen LogP contribution is -2.14. The van der Waals surface area contributed by atoms with E-state index in [9.17, 15) is 4.79 Å². The van der Waals surface area contributed by atoms with Crippen molar-refractivity contribution in [2.75, 3.05) is 5.32 Å². The van der Waals surface area contributed by atoms with Gasteiger partial charge in [0.15, 0.2) is 11.5 Å². The van der Waals surface area contributed by atoms with E-state index in [4.69, 9.17) is 16.0 Å². The maximum Gasteiger partial charge on any atom is 0.276 e. The number of hydrogen-bond acceptors (Lipinski definition) is 4. The van der Waals surface area contributed by atoms with Crippen molar-refractivity contribution in [3.8, 4) is 11.5 Å². The van der Waals surface area contributed by atoms with Gasteiger partial charge >= 0.3 is 0 Å². The van der Waals surface area contributed by atoms with Gasteiger partial charge in [0.05, 0.1) is 29.9 Å². The number of nitrogens with one attached hydrogen (secondary N) is 2. The number of H-pyrrole nitrogens is 1. The van der Waals surface area contributed by atoms with Crippen LogP contribution in [-0.2, 0) is 6.54 Å². The fourth-order valence-electron chi connectivity index (χ4n) is 2.97. The Morgan fingerprint density at radius 1 is 1.25 bits per heavy atom. The van der Waals surface area contributed by atoms with Gasteiger partial charge in [0, 0.05) is 11.1 Å². The minimum absolute atomic E-state index is 0.274. The monoisotopic (exact) mass is 395 g/mol. The van der Waals surface area contributed by atoms with Crippen molar-refractivity contribution in [1.82, 2.24) is 20.0 Å². The molecule has 0 aliphatic carbocycles. The molecule has 3 aromatic heterocycles. The Morgan fingerprint density at radius 2 is 2.04 bits per heavy atom. The van der Waals surface area contributed by atoms with Gasteiger partial charge in [0.25, 0.3) is 5.91 Å². The number of benzene rings is 1. The first-order chi connectivity index (χ1) is 13.5. The number of halogens is 1. The number of aromatic nitrogens is 4. The second kappa shape index (κ2) is 7.36. The fraction of sp³-hybridized carbons (Fsp3) is 0.150. The first-order valence-corrected chi connectivity index (χ1v) is 9.08. The van der Waals surface area contributed by atoms with Gasteiger partial charge in [-0.05, 0) is 43.7 Å². The average molecular weight is 396 g/mol. The molecule has 1 aromatic carbocycles. The van der Waals surface area contributed by atoms with Gasteiger partial charge < -0.3 is 9.73 Å². The summed E-state index contributed by atoms with van der Waals surface area (Å²) in [5.41, 5.74) is 4.27. The standard InChI is InChI=1S/C20H18ClN5O2/c1-12-19(13(2)26(25-12)11-14-5-7-15(21)8-6-14)22-20(27)17-10-16(23-24-17)18-4-3-9-28-18/h3-10H,11H2,1-2H3,(H,22,27)(H,23,24). The quantitative estimate of drug-likeness (QED) is 0.523. The van der Waals surface area contributed by atoms with E-state index in [-0.39, 0.29) is 11.6 Å². The van der Waals surface area contributed by atoms with Crippen LogP contribution in [0, 0.1) is 13.8 Å². The molecule has 0 fully saturated rings. The summed E-state index contributed by atoms with van der Waals surface area (Å²) >= 11 is 5.94.